The van der Waals surface area contributed by atoms with Crippen molar-refractivity contribution in [3.63, 3.8) is 0 Å². The summed E-state index contributed by atoms with van der Waals surface area (Å²) < 4.78 is 0. The summed E-state index contributed by atoms with van der Waals surface area (Å²) in [6, 6.07) is 0. The van der Waals surface area contributed by atoms with Crippen molar-refractivity contribution in [1.29, 1.82) is 0 Å². The zero-order valence-corrected chi connectivity index (χ0v) is 20.0. The molecule has 2 bridgehead atoms. The van der Waals surface area contributed by atoms with E-state index in [0.29, 0.717) is 0 Å². The van der Waals surface area contributed by atoms with Gasteiger partial charge in [-0.25, -0.2) is 0 Å². The lowest BCUT2D eigenvalue weighted by atomic mass is 9.62. The average molecular weight is 430 g/mol. The van der Waals surface area contributed by atoms with Crippen molar-refractivity contribution in [1.82, 2.24) is 0 Å². The number of rotatable bonds is 6. The molecule has 1 unspecified atom stereocenters. The van der Waals surface area contributed by atoms with E-state index in [1.165, 1.54) is 0 Å². The van der Waals surface area contributed by atoms with E-state index < -0.39 is 39.3 Å². The minimum atomic E-state index is -1.35. The molecule has 6 heteroatoms. The number of nitrogens with zero attached hydrogens (tertiary/aromatic N) is 1. The van der Waals surface area contributed by atoms with Crippen LogP contribution in [0.1, 0.15) is 74.7 Å². The second-order valence-electron chi connectivity index (χ2n) is 11.5. The van der Waals surface area contributed by atoms with Crippen LogP contribution in [0.5, 0.6) is 0 Å². The third-order valence-corrected chi connectivity index (χ3v) is 8.20. The van der Waals surface area contributed by atoms with Crippen molar-refractivity contribution in [2.45, 2.75) is 80.3 Å². The van der Waals surface area contributed by atoms with Crippen LogP contribution in [0, 0.1) is 38.9 Å². The Morgan fingerprint density at radius 1 is 1.23 bits per heavy atom. The van der Waals surface area contributed by atoms with Gasteiger partial charge in [0.15, 0.2) is 17.3 Å². The topological polar surface area (TPSA) is 101 Å². The number of hydrogen-bond donors (Lipinski definition) is 1. The number of Topliss-reactive ketones (excluding diaryl/α,β-unsaturated/α-hetero) is 3. The minimum absolute atomic E-state index is 0.179. The Balaban J connectivity index is 2.38. The molecule has 2 fully saturated rings. The molecule has 0 radical (unpaired) electrons. The van der Waals surface area contributed by atoms with Crippen LogP contribution in [0.25, 0.3) is 0 Å². The first kappa shape index (κ1) is 23.7. The maximum absolute atomic E-state index is 14.1. The summed E-state index contributed by atoms with van der Waals surface area (Å²) >= 11 is 0. The molecule has 0 aromatic rings. The van der Waals surface area contributed by atoms with Gasteiger partial charge in [-0.2, -0.15) is 0 Å². The Hall–Kier alpha value is -1.95. The van der Waals surface area contributed by atoms with Gasteiger partial charge < -0.3 is 5.11 Å². The molecule has 3 aliphatic rings. The number of carbonyl (C=O) groups excluding carboxylic acids is 3. The molecular formula is C25H35NO5. The highest BCUT2D eigenvalue weighted by molar-refractivity contribution is 6.32. The van der Waals surface area contributed by atoms with E-state index in [1.807, 2.05) is 33.8 Å². The van der Waals surface area contributed by atoms with Crippen molar-refractivity contribution >= 4 is 17.3 Å². The third-order valence-electron chi connectivity index (χ3n) is 8.20. The summed E-state index contributed by atoms with van der Waals surface area (Å²) in [5, 5.41) is 14.1. The normalized spacial score (nSPS) is 34.3. The predicted molar refractivity (Wildman–Crippen MR) is 118 cm³/mol. The van der Waals surface area contributed by atoms with Crippen LogP contribution in [0.15, 0.2) is 28.1 Å². The molecule has 0 aliphatic heterocycles. The van der Waals surface area contributed by atoms with Gasteiger partial charge in [0.1, 0.15) is 5.70 Å². The Morgan fingerprint density at radius 2 is 1.81 bits per heavy atom. The Morgan fingerprint density at radius 3 is 2.26 bits per heavy atom. The van der Waals surface area contributed by atoms with E-state index in [1.54, 1.807) is 27.7 Å². The van der Waals surface area contributed by atoms with Gasteiger partial charge in [0.05, 0.1) is 22.0 Å². The summed E-state index contributed by atoms with van der Waals surface area (Å²) in [5.74, 6) is -2.42. The molecule has 31 heavy (non-hydrogen) atoms. The highest BCUT2D eigenvalue weighted by Crippen LogP contribution is 2.74. The van der Waals surface area contributed by atoms with Gasteiger partial charge in [0, 0.05) is 5.92 Å². The van der Waals surface area contributed by atoms with Gasteiger partial charge >= 0.3 is 0 Å². The number of hydrogen-bond acceptors (Lipinski definition) is 6. The molecule has 0 aromatic heterocycles. The molecule has 0 aromatic carbocycles. The molecule has 3 aliphatic carbocycles. The van der Waals surface area contributed by atoms with Crippen LogP contribution >= 0.6 is 0 Å². The first-order chi connectivity index (χ1) is 14.1. The monoisotopic (exact) mass is 429 g/mol. The Bertz CT molecular complexity index is 928. The Labute approximate surface area is 184 Å². The summed E-state index contributed by atoms with van der Waals surface area (Å²) in [5.41, 5.74) is -3.67. The summed E-state index contributed by atoms with van der Waals surface area (Å²) in [6.07, 6.45) is 2.58. The fourth-order valence-electron chi connectivity index (χ4n) is 6.75. The maximum Gasteiger partial charge on any atom is 0.182 e. The SMILES string of the molecule is CC(C)=CCC12C[C@H]3C(C)(C)[C@@H](C(C)(C)O)C[C@]3(C1=O)C(N=O)=C(C(=O)C(C)C)C2=O. The number of ketones is 3. The van der Waals surface area contributed by atoms with Crippen molar-refractivity contribution in [3.05, 3.63) is 27.8 Å². The van der Waals surface area contributed by atoms with Crippen LogP contribution in [0.2, 0.25) is 0 Å². The van der Waals surface area contributed by atoms with Crippen molar-refractivity contribution in [3.8, 4) is 0 Å². The molecule has 2 saturated carbocycles. The first-order valence-corrected chi connectivity index (χ1v) is 11.2. The number of nitroso groups, excluding NO2 is 1. The fraction of sp³-hybridized carbons (Fsp3) is 0.720. The van der Waals surface area contributed by atoms with Crippen molar-refractivity contribution < 1.29 is 19.5 Å². The summed E-state index contributed by atoms with van der Waals surface area (Å²) in [6.45, 7) is 14.6. The fourth-order valence-corrected chi connectivity index (χ4v) is 6.75. The second-order valence-corrected chi connectivity index (χ2v) is 11.5. The van der Waals surface area contributed by atoms with Gasteiger partial charge in [-0.05, 0) is 69.4 Å². The van der Waals surface area contributed by atoms with Crippen molar-refractivity contribution in [2.24, 2.45) is 39.2 Å². The van der Waals surface area contributed by atoms with Crippen LogP contribution < -0.4 is 0 Å². The van der Waals surface area contributed by atoms with Crippen LogP contribution in [0.3, 0.4) is 0 Å². The van der Waals surface area contributed by atoms with Gasteiger partial charge in [-0.3, -0.25) is 14.4 Å². The number of fused-ring (bicyclic) bond motifs is 1. The lowest BCUT2D eigenvalue weighted by Crippen LogP contribution is -2.50. The van der Waals surface area contributed by atoms with Crippen LogP contribution in [-0.4, -0.2) is 28.1 Å². The predicted octanol–water partition coefficient (Wildman–Crippen LogP) is 4.55. The lowest BCUT2D eigenvalue weighted by molar-refractivity contribution is -0.143. The average Bonchev–Trinajstić information content (AvgIpc) is 3.00. The molecular weight excluding hydrogens is 394 g/mol. The highest BCUT2D eigenvalue weighted by Gasteiger charge is 2.78. The third kappa shape index (κ3) is 2.97. The van der Waals surface area contributed by atoms with Gasteiger partial charge in [-0.1, -0.05) is 39.3 Å². The van der Waals surface area contributed by atoms with E-state index in [9.17, 15) is 24.4 Å². The zero-order chi connectivity index (χ0) is 23.7. The first-order valence-electron chi connectivity index (χ1n) is 11.2. The highest BCUT2D eigenvalue weighted by atomic mass is 16.3. The molecule has 3 rings (SSSR count). The van der Waals surface area contributed by atoms with E-state index in [4.69, 9.17) is 0 Å². The molecule has 1 N–H and O–H groups in total. The zero-order valence-electron chi connectivity index (χ0n) is 20.0. The molecule has 0 saturated heterocycles. The molecule has 1 spiro atoms. The summed E-state index contributed by atoms with van der Waals surface area (Å²) in [7, 11) is 0. The second kappa shape index (κ2) is 7.03. The smallest absolute Gasteiger partial charge is 0.182 e. The molecule has 0 amide bonds. The van der Waals surface area contributed by atoms with E-state index in [-0.39, 0.29) is 48.2 Å². The van der Waals surface area contributed by atoms with Crippen LogP contribution in [0.4, 0.5) is 0 Å². The molecule has 170 valence electrons. The number of allylic oxidation sites excluding steroid dienone is 4. The minimum Gasteiger partial charge on any atom is -0.390 e. The Kier molecular flexibility index (Phi) is 5.37. The number of carbonyl (C=O) groups is 3. The molecule has 0 heterocycles. The molecule has 4 atom stereocenters. The van der Waals surface area contributed by atoms with Crippen LogP contribution in [-0.2, 0) is 14.4 Å². The number of aliphatic hydroxyl groups is 1. The maximum atomic E-state index is 14.1. The van der Waals surface area contributed by atoms with Gasteiger partial charge in [0.25, 0.3) is 0 Å². The standard InChI is InChI=1S/C25H35NO5/c1-13(2)9-10-24-11-16-22(5,6)15(23(7,8)30)12-25(16,21(24)29)19(26-31)17(20(24)28)18(27)14(3)4/h9,14-16,30H,10-12H2,1-8H3/t15-,16-,24?,25+/m0/s1. The van der Waals surface area contributed by atoms with Gasteiger partial charge in [0.2, 0.25) is 0 Å². The quantitative estimate of drug-likeness (QED) is 0.289. The van der Waals surface area contributed by atoms with E-state index >= 15 is 0 Å². The molecule has 6 nitrogen and oxygen atoms in total. The summed E-state index contributed by atoms with van der Waals surface area (Å²) in [4.78, 5) is 53.3. The van der Waals surface area contributed by atoms with Crippen molar-refractivity contribution in [2.75, 3.05) is 0 Å². The van der Waals surface area contributed by atoms with Gasteiger partial charge in [-0.15, -0.1) is 4.91 Å². The lowest BCUT2D eigenvalue weighted by Gasteiger charge is -2.40. The largest absolute Gasteiger partial charge is 0.390 e. The van der Waals surface area contributed by atoms with E-state index in [2.05, 4.69) is 5.18 Å². The van der Waals surface area contributed by atoms with E-state index in [0.717, 1.165) is 5.57 Å².